The molecular formula is C11H12ClN3. The number of hydrogen-bond donors (Lipinski definition) is 0. The number of hydrogen-bond acceptors (Lipinski definition) is 2. The van der Waals surface area contributed by atoms with E-state index in [0.29, 0.717) is 10.9 Å². The number of fused-ring (bicyclic) bond motifs is 1. The largest absolute Gasteiger partial charge is 0.286 e. The third-order valence-electron chi connectivity index (χ3n) is 3.12. The van der Waals surface area contributed by atoms with Crippen LogP contribution in [0.15, 0.2) is 18.3 Å². The van der Waals surface area contributed by atoms with Crippen molar-refractivity contribution >= 4 is 17.2 Å². The fraction of sp³-hybridized carbons (Fsp3) is 0.455. The van der Waals surface area contributed by atoms with Crippen LogP contribution in [-0.4, -0.2) is 14.6 Å². The van der Waals surface area contributed by atoms with E-state index >= 15 is 0 Å². The Morgan fingerprint density at radius 2 is 2.07 bits per heavy atom. The van der Waals surface area contributed by atoms with Gasteiger partial charge in [-0.15, -0.1) is 10.2 Å². The second-order valence-electron chi connectivity index (χ2n) is 4.11. The van der Waals surface area contributed by atoms with Gasteiger partial charge in [-0.3, -0.25) is 4.40 Å². The molecule has 15 heavy (non-hydrogen) atoms. The number of rotatable bonds is 1. The second-order valence-corrected chi connectivity index (χ2v) is 4.55. The van der Waals surface area contributed by atoms with Gasteiger partial charge >= 0.3 is 0 Å². The fourth-order valence-electron chi connectivity index (χ4n) is 2.35. The SMILES string of the molecule is Clc1ccn2c(C3CCCC3)nnc2c1. The Bertz CT molecular complexity index is 486. The summed E-state index contributed by atoms with van der Waals surface area (Å²) in [4.78, 5) is 0. The monoisotopic (exact) mass is 221 g/mol. The van der Waals surface area contributed by atoms with Gasteiger partial charge < -0.3 is 0 Å². The molecule has 0 aliphatic heterocycles. The Kier molecular flexibility index (Phi) is 2.13. The quantitative estimate of drug-likeness (QED) is 0.741. The first-order valence-electron chi connectivity index (χ1n) is 5.35. The van der Waals surface area contributed by atoms with Gasteiger partial charge in [0, 0.05) is 23.2 Å². The zero-order valence-electron chi connectivity index (χ0n) is 8.36. The minimum absolute atomic E-state index is 0.584. The number of pyridine rings is 1. The van der Waals surface area contributed by atoms with Crippen molar-refractivity contribution in [2.45, 2.75) is 31.6 Å². The van der Waals surface area contributed by atoms with Crippen LogP contribution in [0.25, 0.3) is 5.65 Å². The standard InChI is InChI=1S/C11H12ClN3/c12-9-5-6-15-10(7-9)13-14-11(15)8-3-1-2-4-8/h5-8H,1-4H2. The van der Waals surface area contributed by atoms with Gasteiger partial charge in [-0.05, 0) is 18.9 Å². The normalized spacial score (nSPS) is 17.7. The average Bonchev–Trinajstić information content (AvgIpc) is 2.82. The summed E-state index contributed by atoms with van der Waals surface area (Å²) in [6.45, 7) is 0. The zero-order chi connectivity index (χ0) is 10.3. The first kappa shape index (κ1) is 9.16. The molecule has 78 valence electrons. The minimum atomic E-state index is 0.584. The lowest BCUT2D eigenvalue weighted by atomic mass is 10.1. The lowest BCUT2D eigenvalue weighted by molar-refractivity contribution is 0.659. The summed E-state index contributed by atoms with van der Waals surface area (Å²) in [5, 5.41) is 9.14. The van der Waals surface area contributed by atoms with Gasteiger partial charge in [0.25, 0.3) is 0 Å². The van der Waals surface area contributed by atoms with Crippen LogP contribution >= 0.6 is 11.6 Å². The molecule has 3 nitrogen and oxygen atoms in total. The van der Waals surface area contributed by atoms with Gasteiger partial charge in [-0.1, -0.05) is 24.4 Å². The highest BCUT2D eigenvalue weighted by Gasteiger charge is 2.21. The highest BCUT2D eigenvalue weighted by molar-refractivity contribution is 6.30. The first-order valence-corrected chi connectivity index (χ1v) is 5.72. The van der Waals surface area contributed by atoms with E-state index in [1.54, 1.807) is 0 Å². The molecule has 0 unspecified atom stereocenters. The molecule has 3 rings (SSSR count). The maximum Gasteiger partial charge on any atom is 0.162 e. The predicted octanol–water partition coefficient (Wildman–Crippen LogP) is 3.04. The van der Waals surface area contributed by atoms with Gasteiger partial charge in [0.1, 0.15) is 5.82 Å². The Morgan fingerprint density at radius 3 is 2.87 bits per heavy atom. The molecule has 1 aliphatic rings. The molecule has 0 amide bonds. The molecule has 1 aliphatic carbocycles. The maximum atomic E-state index is 5.91. The zero-order valence-corrected chi connectivity index (χ0v) is 9.11. The molecule has 1 fully saturated rings. The predicted molar refractivity (Wildman–Crippen MR) is 59.2 cm³/mol. The van der Waals surface area contributed by atoms with Crippen molar-refractivity contribution in [3.63, 3.8) is 0 Å². The molecule has 2 aromatic rings. The van der Waals surface area contributed by atoms with E-state index in [0.717, 1.165) is 11.5 Å². The minimum Gasteiger partial charge on any atom is -0.286 e. The summed E-state index contributed by atoms with van der Waals surface area (Å²) in [5.74, 6) is 1.68. The van der Waals surface area contributed by atoms with Crippen molar-refractivity contribution in [2.24, 2.45) is 0 Å². The second kappa shape index (κ2) is 3.49. The smallest absolute Gasteiger partial charge is 0.162 e. The topological polar surface area (TPSA) is 30.2 Å². The molecule has 0 saturated heterocycles. The van der Waals surface area contributed by atoms with Crippen LogP contribution in [0.2, 0.25) is 5.02 Å². The Morgan fingerprint density at radius 1 is 1.27 bits per heavy atom. The lowest BCUT2D eigenvalue weighted by Crippen LogP contribution is -1.99. The fourth-order valence-corrected chi connectivity index (χ4v) is 2.50. The van der Waals surface area contributed by atoms with Crippen LogP contribution in [0.4, 0.5) is 0 Å². The molecule has 2 heterocycles. The van der Waals surface area contributed by atoms with Crippen molar-refractivity contribution < 1.29 is 0 Å². The van der Waals surface area contributed by atoms with Gasteiger partial charge in [-0.2, -0.15) is 0 Å². The molecule has 1 saturated carbocycles. The third-order valence-corrected chi connectivity index (χ3v) is 3.35. The van der Waals surface area contributed by atoms with Crippen LogP contribution < -0.4 is 0 Å². The Hall–Kier alpha value is -1.09. The van der Waals surface area contributed by atoms with Gasteiger partial charge in [0.2, 0.25) is 0 Å². The van der Waals surface area contributed by atoms with Crippen molar-refractivity contribution in [1.82, 2.24) is 14.6 Å². The van der Waals surface area contributed by atoms with Gasteiger partial charge in [0.05, 0.1) is 0 Å². The van der Waals surface area contributed by atoms with Crippen LogP contribution in [0.5, 0.6) is 0 Å². The van der Waals surface area contributed by atoms with Crippen LogP contribution in [-0.2, 0) is 0 Å². The summed E-state index contributed by atoms with van der Waals surface area (Å²) in [6.07, 6.45) is 7.07. The van der Waals surface area contributed by atoms with E-state index in [2.05, 4.69) is 14.6 Å². The van der Waals surface area contributed by atoms with E-state index < -0.39 is 0 Å². The summed E-state index contributed by atoms with van der Waals surface area (Å²) >= 11 is 5.91. The van der Waals surface area contributed by atoms with Crippen LogP contribution in [0.3, 0.4) is 0 Å². The Labute approximate surface area is 93.1 Å². The molecule has 0 radical (unpaired) electrons. The molecule has 4 heteroatoms. The van der Waals surface area contributed by atoms with E-state index in [9.17, 15) is 0 Å². The molecule has 0 bridgehead atoms. The first-order chi connectivity index (χ1) is 7.34. The van der Waals surface area contributed by atoms with Gasteiger partial charge in [-0.25, -0.2) is 0 Å². The van der Waals surface area contributed by atoms with E-state index in [1.807, 2.05) is 18.3 Å². The highest BCUT2D eigenvalue weighted by atomic mass is 35.5. The van der Waals surface area contributed by atoms with E-state index in [1.165, 1.54) is 25.7 Å². The average molecular weight is 222 g/mol. The molecule has 0 N–H and O–H groups in total. The summed E-state index contributed by atoms with van der Waals surface area (Å²) in [6, 6.07) is 3.74. The lowest BCUT2D eigenvalue weighted by Gasteiger charge is -2.05. The van der Waals surface area contributed by atoms with Crippen LogP contribution in [0.1, 0.15) is 37.4 Å². The van der Waals surface area contributed by atoms with E-state index in [-0.39, 0.29) is 0 Å². The summed E-state index contributed by atoms with van der Waals surface area (Å²) in [7, 11) is 0. The van der Waals surface area contributed by atoms with Crippen molar-refractivity contribution in [2.75, 3.05) is 0 Å². The summed E-state index contributed by atoms with van der Waals surface area (Å²) in [5.41, 5.74) is 0.851. The van der Waals surface area contributed by atoms with Crippen molar-refractivity contribution in [3.8, 4) is 0 Å². The Balaban J connectivity index is 2.11. The molecule has 0 atom stereocenters. The maximum absolute atomic E-state index is 5.91. The van der Waals surface area contributed by atoms with E-state index in [4.69, 9.17) is 11.6 Å². The molecular weight excluding hydrogens is 210 g/mol. The highest BCUT2D eigenvalue weighted by Crippen LogP contribution is 2.33. The van der Waals surface area contributed by atoms with Crippen molar-refractivity contribution in [1.29, 1.82) is 0 Å². The van der Waals surface area contributed by atoms with Crippen LogP contribution in [0, 0.1) is 0 Å². The number of nitrogens with zero attached hydrogens (tertiary/aromatic N) is 3. The molecule has 0 spiro atoms. The van der Waals surface area contributed by atoms with Crippen molar-refractivity contribution in [3.05, 3.63) is 29.2 Å². The van der Waals surface area contributed by atoms with Gasteiger partial charge in [0.15, 0.2) is 5.65 Å². The number of halogens is 1. The number of aromatic nitrogens is 3. The molecule has 0 aromatic carbocycles. The third kappa shape index (κ3) is 1.51. The molecule has 2 aromatic heterocycles. The summed E-state index contributed by atoms with van der Waals surface area (Å²) < 4.78 is 2.06.